The average Bonchev–Trinajstić information content (AvgIpc) is 2.46. The summed E-state index contributed by atoms with van der Waals surface area (Å²) >= 11 is 0. The van der Waals surface area contributed by atoms with Crippen LogP contribution in [0, 0.1) is 0 Å². The lowest BCUT2D eigenvalue weighted by molar-refractivity contribution is -0.0785. The molecule has 0 spiro atoms. The highest BCUT2D eigenvalue weighted by Gasteiger charge is 2.26. The van der Waals surface area contributed by atoms with Gasteiger partial charge in [0, 0.05) is 31.8 Å². The van der Waals surface area contributed by atoms with Crippen molar-refractivity contribution in [3.8, 4) is 0 Å². The molecule has 0 amide bonds. The molecule has 6 atom stereocenters. The molecule has 3 nitrogen and oxygen atoms in total. The van der Waals surface area contributed by atoms with E-state index >= 15 is 0 Å². The fourth-order valence-electron chi connectivity index (χ4n) is 3.04. The number of ether oxygens (including phenoxy) is 1. The second kappa shape index (κ2) is 11.3. The van der Waals surface area contributed by atoms with Crippen LogP contribution in [0.1, 0.15) is 71.6 Å². The molecule has 0 bridgehead atoms. The van der Waals surface area contributed by atoms with Gasteiger partial charge in [-0.3, -0.25) is 0 Å². The van der Waals surface area contributed by atoms with E-state index in [1.165, 1.54) is 19.3 Å². The second-order valence-electron chi connectivity index (χ2n) is 5.88. The molecular weight excluding hydrogens is 290 g/mol. The summed E-state index contributed by atoms with van der Waals surface area (Å²) in [6, 6.07) is 0. The lowest BCUT2D eigenvalue weighted by atomic mass is 9.95. The SMILES string of the molecule is CCC[C@@H](C[C@H]1CCC[C@@H](C[C@H](CCC)OP)O1)OP. The van der Waals surface area contributed by atoms with Gasteiger partial charge in [0.05, 0.1) is 24.4 Å². The Labute approximate surface area is 129 Å². The van der Waals surface area contributed by atoms with E-state index in [0.717, 1.165) is 38.5 Å². The lowest BCUT2D eigenvalue weighted by Crippen LogP contribution is -2.33. The summed E-state index contributed by atoms with van der Waals surface area (Å²) in [5.41, 5.74) is 0. The molecule has 120 valence electrons. The van der Waals surface area contributed by atoms with E-state index in [0.29, 0.717) is 24.4 Å². The summed E-state index contributed by atoms with van der Waals surface area (Å²) < 4.78 is 17.2. The summed E-state index contributed by atoms with van der Waals surface area (Å²) in [7, 11) is 4.82. The highest BCUT2D eigenvalue weighted by atomic mass is 31.0. The number of hydrogen-bond donors (Lipinski definition) is 0. The van der Waals surface area contributed by atoms with Gasteiger partial charge in [-0.05, 0) is 32.1 Å². The van der Waals surface area contributed by atoms with Gasteiger partial charge >= 0.3 is 0 Å². The second-order valence-corrected chi connectivity index (χ2v) is 6.42. The predicted molar refractivity (Wildman–Crippen MR) is 90.7 cm³/mol. The van der Waals surface area contributed by atoms with Crippen molar-refractivity contribution in [1.82, 2.24) is 0 Å². The molecule has 1 aliphatic heterocycles. The Morgan fingerprint density at radius 2 is 1.40 bits per heavy atom. The van der Waals surface area contributed by atoms with Crippen molar-refractivity contribution >= 4 is 18.9 Å². The van der Waals surface area contributed by atoms with Crippen LogP contribution in [0.4, 0.5) is 0 Å². The van der Waals surface area contributed by atoms with E-state index < -0.39 is 0 Å². The Balaban J connectivity index is 2.37. The Bertz CT molecular complexity index is 219. The van der Waals surface area contributed by atoms with Crippen LogP contribution in [0.5, 0.6) is 0 Å². The first-order valence-electron chi connectivity index (χ1n) is 8.09. The summed E-state index contributed by atoms with van der Waals surface area (Å²) in [5.74, 6) is 0. The van der Waals surface area contributed by atoms with Gasteiger partial charge in [-0.25, -0.2) is 0 Å². The first-order chi connectivity index (χ1) is 9.73. The van der Waals surface area contributed by atoms with Gasteiger partial charge in [-0.2, -0.15) is 0 Å². The van der Waals surface area contributed by atoms with Crippen LogP contribution in [0.15, 0.2) is 0 Å². The predicted octanol–water partition coefficient (Wildman–Crippen LogP) is 4.66. The molecule has 0 N–H and O–H groups in total. The lowest BCUT2D eigenvalue weighted by Gasteiger charge is -2.33. The fourth-order valence-corrected chi connectivity index (χ4v) is 3.54. The molecule has 0 radical (unpaired) electrons. The molecule has 5 heteroatoms. The topological polar surface area (TPSA) is 27.7 Å². The van der Waals surface area contributed by atoms with Crippen LogP contribution in [0.2, 0.25) is 0 Å². The van der Waals surface area contributed by atoms with Crippen LogP contribution < -0.4 is 0 Å². The highest BCUT2D eigenvalue weighted by molar-refractivity contribution is 7.10. The third-order valence-corrected chi connectivity index (χ3v) is 4.86. The molecule has 0 aromatic rings. The molecule has 0 aromatic carbocycles. The fraction of sp³-hybridized carbons (Fsp3) is 1.00. The molecule has 0 aromatic heterocycles. The van der Waals surface area contributed by atoms with Gasteiger partial charge in [-0.1, -0.05) is 26.7 Å². The quantitative estimate of drug-likeness (QED) is 0.548. The van der Waals surface area contributed by atoms with Gasteiger partial charge in [0.1, 0.15) is 0 Å². The zero-order valence-corrected chi connectivity index (χ0v) is 15.4. The van der Waals surface area contributed by atoms with Crippen LogP contribution in [0.3, 0.4) is 0 Å². The first kappa shape index (κ1) is 18.8. The Morgan fingerprint density at radius 1 is 0.950 bits per heavy atom. The van der Waals surface area contributed by atoms with Crippen molar-refractivity contribution in [2.24, 2.45) is 0 Å². The van der Waals surface area contributed by atoms with Crippen LogP contribution in [0.25, 0.3) is 0 Å². The minimum absolute atomic E-state index is 0.318. The van der Waals surface area contributed by atoms with Crippen LogP contribution in [-0.4, -0.2) is 24.4 Å². The van der Waals surface area contributed by atoms with Crippen molar-refractivity contribution in [3.05, 3.63) is 0 Å². The summed E-state index contributed by atoms with van der Waals surface area (Å²) in [6.07, 6.45) is 11.6. The van der Waals surface area contributed by atoms with Gasteiger partial charge in [0.2, 0.25) is 0 Å². The maximum Gasteiger partial charge on any atom is 0.0635 e. The molecule has 1 saturated heterocycles. The summed E-state index contributed by atoms with van der Waals surface area (Å²) in [4.78, 5) is 0. The van der Waals surface area contributed by atoms with Gasteiger partial charge < -0.3 is 13.8 Å². The van der Waals surface area contributed by atoms with E-state index in [1.807, 2.05) is 0 Å². The Kier molecular flexibility index (Phi) is 10.6. The maximum atomic E-state index is 6.27. The van der Waals surface area contributed by atoms with E-state index in [4.69, 9.17) is 13.8 Å². The standard InChI is InChI=1S/C15H32O3P2/c1-3-6-14(17-19)10-12-8-5-9-13(16-12)11-15(18-20)7-4-2/h12-15H,3-11,19-20H2,1-2H3/t12-,13+,14-,15-/m0/s1. The Morgan fingerprint density at radius 3 is 1.75 bits per heavy atom. The first-order valence-corrected chi connectivity index (χ1v) is 9.04. The van der Waals surface area contributed by atoms with Gasteiger partial charge in [-0.15, -0.1) is 0 Å². The van der Waals surface area contributed by atoms with Crippen molar-refractivity contribution in [2.45, 2.75) is 96.1 Å². The maximum absolute atomic E-state index is 6.27. The third-order valence-electron chi connectivity index (χ3n) is 4.09. The van der Waals surface area contributed by atoms with E-state index in [9.17, 15) is 0 Å². The summed E-state index contributed by atoms with van der Waals surface area (Å²) in [5, 5.41) is 0. The zero-order chi connectivity index (χ0) is 14.8. The molecule has 1 heterocycles. The van der Waals surface area contributed by atoms with Crippen molar-refractivity contribution in [2.75, 3.05) is 0 Å². The minimum Gasteiger partial charge on any atom is -0.375 e. The monoisotopic (exact) mass is 322 g/mol. The molecule has 20 heavy (non-hydrogen) atoms. The van der Waals surface area contributed by atoms with Crippen molar-refractivity contribution in [3.63, 3.8) is 0 Å². The van der Waals surface area contributed by atoms with Gasteiger partial charge in [0.25, 0.3) is 0 Å². The third kappa shape index (κ3) is 7.14. The van der Waals surface area contributed by atoms with Crippen LogP contribution in [-0.2, 0) is 13.8 Å². The van der Waals surface area contributed by atoms with E-state index in [1.54, 1.807) is 0 Å². The van der Waals surface area contributed by atoms with E-state index in [-0.39, 0.29) is 0 Å². The molecule has 1 aliphatic rings. The molecule has 2 unspecified atom stereocenters. The van der Waals surface area contributed by atoms with E-state index in [2.05, 4.69) is 32.8 Å². The molecule has 0 aliphatic carbocycles. The molecule has 1 fully saturated rings. The Hall–Kier alpha value is 0.740. The molecule has 1 rings (SSSR count). The highest BCUT2D eigenvalue weighted by Crippen LogP contribution is 2.28. The zero-order valence-electron chi connectivity index (χ0n) is 13.1. The smallest absolute Gasteiger partial charge is 0.0635 e. The minimum atomic E-state index is 0.318. The van der Waals surface area contributed by atoms with Crippen LogP contribution >= 0.6 is 18.9 Å². The van der Waals surface area contributed by atoms with Crippen molar-refractivity contribution in [1.29, 1.82) is 0 Å². The normalized spacial score (nSPS) is 26.4. The largest absolute Gasteiger partial charge is 0.375 e. The summed E-state index contributed by atoms with van der Waals surface area (Å²) in [6.45, 7) is 4.40. The molecule has 0 saturated carbocycles. The van der Waals surface area contributed by atoms with Crippen molar-refractivity contribution < 1.29 is 13.8 Å². The van der Waals surface area contributed by atoms with Gasteiger partial charge in [0.15, 0.2) is 0 Å². The number of rotatable bonds is 10. The molecular formula is C15H32O3P2. The number of hydrogen-bond acceptors (Lipinski definition) is 3. The average molecular weight is 322 g/mol.